The molecule has 10 aliphatic heterocycles. The van der Waals surface area contributed by atoms with Gasteiger partial charge < -0.3 is 0 Å². The van der Waals surface area contributed by atoms with E-state index in [4.69, 9.17) is 4.84 Å². The van der Waals surface area contributed by atoms with Crippen LogP contribution in [0.3, 0.4) is 0 Å². The van der Waals surface area contributed by atoms with Gasteiger partial charge in [-0.2, -0.15) is 0 Å². The predicted molar refractivity (Wildman–Crippen MR) is 60.5 cm³/mol. The molecule has 10 aliphatic rings. The molecule has 1 spiro atoms. The van der Waals surface area contributed by atoms with E-state index in [1.165, 1.54) is 43.3 Å². The van der Waals surface area contributed by atoms with Crippen LogP contribution in [0.5, 0.6) is 0 Å². The molecule has 3 heteroatoms. The number of hydrogen-bond donors (Lipinski definition) is 1. The van der Waals surface area contributed by atoms with E-state index in [1.807, 2.05) is 0 Å². The van der Waals surface area contributed by atoms with Crippen molar-refractivity contribution in [3.63, 3.8) is 0 Å². The molecule has 10 heterocycles. The van der Waals surface area contributed by atoms with Gasteiger partial charge in [0.05, 0.1) is 0 Å². The molecule has 0 aliphatic carbocycles. The van der Waals surface area contributed by atoms with Crippen molar-refractivity contribution in [1.82, 2.24) is 5.48 Å². The quantitative estimate of drug-likeness (QED) is 0.613. The fourth-order valence-electron chi connectivity index (χ4n) is 16.7. The first-order chi connectivity index (χ1) is 7.75. The van der Waals surface area contributed by atoms with Crippen LogP contribution in [-0.4, -0.2) is 10.0 Å². The minimum absolute atomic E-state index is 0.00124. The molecule has 10 rings (SSSR count). The van der Waals surface area contributed by atoms with Crippen LogP contribution in [0.4, 0.5) is 0 Å². The third kappa shape index (κ3) is 0.0705. The molecular formula is C14H19FeNO. The van der Waals surface area contributed by atoms with E-state index < -0.39 is 6.51 Å². The van der Waals surface area contributed by atoms with E-state index in [0.29, 0.717) is 0 Å². The molecule has 0 amide bonds. The Kier molecular flexibility index (Phi) is 0.208. The molecule has 1 N–H and O–H groups in total. The molecule has 17 heavy (non-hydrogen) atoms. The summed E-state index contributed by atoms with van der Waals surface area (Å²) in [5.74, 6) is 0. The van der Waals surface area contributed by atoms with Crippen LogP contribution in [-0.2, 0) is 11.3 Å². The van der Waals surface area contributed by atoms with E-state index in [2.05, 4.69) is 26.3 Å². The van der Waals surface area contributed by atoms with E-state index in [1.54, 1.807) is 0 Å². The average molecular weight is 273 g/mol. The van der Waals surface area contributed by atoms with Gasteiger partial charge in [-0.05, 0) is 0 Å². The van der Waals surface area contributed by atoms with Crippen molar-refractivity contribution < 1.29 is 11.3 Å². The summed E-state index contributed by atoms with van der Waals surface area (Å²) in [5, 5.41) is 0. The minimum atomic E-state index is -2.89. The van der Waals surface area contributed by atoms with Gasteiger partial charge in [0.15, 0.2) is 0 Å². The van der Waals surface area contributed by atoms with Crippen LogP contribution in [0, 0.1) is 0 Å². The molecular weight excluding hydrogens is 254 g/mol. The van der Waals surface area contributed by atoms with Crippen LogP contribution in [0.25, 0.3) is 0 Å². The molecule has 0 aromatic rings. The van der Waals surface area contributed by atoms with Crippen molar-refractivity contribution in [2.24, 2.45) is 0 Å². The first-order valence-corrected chi connectivity index (χ1v) is 13.7. The molecule has 0 saturated carbocycles. The van der Waals surface area contributed by atoms with Crippen molar-refractivity contribution in [3.05, 3.63) is 0 Å². The molecule has 0 aromatic heterocycles. The Hall–Kier alpha value is 0.439. The van der Waals surface area contributed by atoms with Gasteiger partial charge in [0, 0.05) is 0 Å². The van der Waals surface area contributed by atoms with Gasteiger partial charge in [0.1, 0.15) is 0 Å². The summed E-state index contributed by atoms with van der Waals surface area (Å²) in [6, 6.07) is 0. The predicted octanol–water partition coefficient (Wildman–Crippen LogP) is 3.60. The van der Waals surface area contributed by atoms with E-state index in [-0.39, 0.29) is 5.60 Å². The summed E-state index contributed by atoms with van der Waals surface area (Å²) in [7, 11) is 0. The second kappa shape index (κ2) is 0.524. The summed E-state index contributed by atoms with van der Waals surface area (Å²) in [6.07, 6.45) is 0. The van der Waals surface area contributed by atoms with Crippen LogP contribution >= 0.6 is 0 Å². The summed E-state index contributed by atoms with van der Waals surface area (Å²) in [5.41, 5.74) is 3.81. The van der Waals surface area contributed by atoms with Crippen LogP contribution < -0.4 is 5.48 Å². The van der Waals surface area contributed by atoms with Crippen molar-refractivity contribution in [1.29, 1.82) is 0 Å². The Balaban J connectivity index is 1.42. The maximum atomic E-state index is 6.14. The SMILES string of the molecule is CC(C)(C)ON[C]12[CH]3[CH]4[CH]5[CH]1[Fe]45321678[CH]2[CH]1[CH]6[CH]7[CH]28. The third-order valence-electron chi connectivity index (χ3n) is 15.2. The Bertz CT molecular complexity index is 876. The zero-order valence-corrected chi connectivity index (χ0v) is 11.6. The summed E-state index contributed by atoms with van der Waals surface area (Å²) in [6.45, 7) is 3.71. The molecule has 94 valence electrons. The zero-order chi connectivity index (χ0) is 10.9. The molecule has 0 radical (unpaired) electrons. The Morgan fingerprint density at radius 2 is 1.35 bits per heavy atom. The van der Waals surface area contributed by atoms with Crippen LogP contribution in [0.15, 0.2) is 0 Å². The molecule has 4 atom stereocenters. The van der Waals surface area contributed by atoms with Gasteiger partial charge >= 0.3 is 91.0 Å². The number of rotatable bonds is 2. The second-order valence-electron chi connectivity index (χ2n) is 12.0. The number of fused-ring (bicyclic) bond motifs is 10. The second-order valence-corrected chi connectivity index (χ2v) is 35.6. The molecule has 0 aromatic carbocycles. The normalized spacial score (nSPS) is 120. The van der Waals surface area contributed by atoms with E-state index >= 15 is 0 Å². The molecule has 2 nitrogen and oxygen atoms in total. The van der Waals surface area contributed by atoms with Crippen molar-refractivity contribution >= 4 is 0 Å². The van der Waals surface area contributed by atoms with Gasteiger partial charge in [-0.15, -0.1) is 0 Å². The first-order valence-electron chi connectivity index (χ1n) is 7.42. The van der Waals surface area contributed by atoms with Gasteiger partial charge in [-0.25, -0.2) is 0 Å². The van der Waals surface area contributed by atoms with Gasteiger partial charge in [0.25, 0.3) is 0 Å². The summed E-state index contributed by atoms with van der Waals surface area (Å²) in [4.78, 5) is 18.6. The van der Waals surface area contributed by atoms with E-state index in [0.717, 1.165) is 4.44 Å². The van der Waals surface area contributed by atoms with Gasteiger partial charge in [-0.1, -0.05) is 0 Å². The van der Waals surface area contributed by atoms with Crippen LogP contribution in [0.1, 0.15) is 20.8 Å². The summed E-state index contributed by atoms with van der Waals surface area (Å²) >= 11 is 0. The third-order valence-corrected chi connectivity index (χ3v) is 57.4. The molecule has 0 bridgehead atoms. The number of nitrogens with one attached hydrogen (secondary N) is 1. The molecule has 4 unspecified atom stereocenters. The standard InChI is InChI=1S/C9H14NO.C5H5.Fe/c1-9(2,3)11-10-8-6-4-5-7-8;1-2-4-5-3-1;/h4-7,10H,1-3H3;1-5H;. The summed E-state index contributed by atoms with van der Waals surface area (Å²) < 4.78 is 0.729. The zero-order valence-electron chi connectivity index (χ0n) is 10.5. The van der Waals surface area contributed by atoms with Gasteiger partial charge in [0.2, 0.25) is 0 Å². The molecule has 10 fully saturated rings. The molecule has 10 saturated heterocycles. The Labute approximate surface area is 91.1 Å². The van der Waals surface area contributed by atoms with E-state index in [9.17, 15) is 0 Å². The maximum absolute atomic E-state index is 6.14. The topological polar surface area (TPSA) is 21.3 Å². The average Bonchev–Trinajstić information content (AvgIpc) is 3.19. The fraction of sp³-hybridized carbons (Fsp3) is 1.00. The first kappa shape index (κ1) is 6.74. The van der Waals surface area contributed by atoms with Crippen molar-refractivity contribution in [2.45, 2.75) is 74.2 Å². The van der Waals surface area contributed by atoms with Crippen LogP contribution in [0.2, 0.25) is 43.3 Å². The van der Waals surface area contributed by atoms with Crippen molar-refractivity contribution in [3.8, 4) is 0 Å². The fourth-order valence-corrected chi connectivity index (χ4v) is 89.5. The Morgan fingerprint density at radius 3 is 1.59 bits per heavy atom. The van der Waals surface area contributed by atoms with Gasteiger partial charge in [-0.3, -0.25) is 0 Å². The van der Waals surface area contributed by atoms with Crippen molar-refractivity contribution in [2.75, 3.05) is 0 Å². The number of hydrogen-bond acceptors (Lipinski definition) is 2. The monoisotopic (exact) mass is 273 g/mol. The number of hydroxylamine groups is 1. The Morgan fingerprint density at radius 1 is 0.882 bits per heavy atom.